The molecule has 0 radical (unpaired) electrons. The first-order valence-electron chi connectivity index (χ1n) is 5.60. The van der Waals surface area contributed by atoms with Gasteiger partial charge < -0.3 is 10.8 Å². The van der Waals surface area contributed by atoms with E-state index in [9.17, 15) is 4.79 Å². The molecule has 0 atom stereocenters. The molecule has 5 heteroatoms. The molecule has 0 saturated heterocycles. The molecular formula is C11H21N3O2. The van der Waals surface area contributed by atoms with Crippen LogP contribution in [0.1, 0.15) is 39.5 Å². The summed E-state index contributed by atoms with van der Waals surface area (Å²) >= 11 is 0. The number of aliphatic carboxylic acids is 1. The van der Waals surface area contributed by atoms with E-state index in [4.69, 9.17) is 10.8 Å². The van der Waals surface area contributed by atoms with Crippen molar-refractivity contribution >= 4 is 11.8 Å². The molecule has 0 aliphatic heterocycles. The minimum atomic E-state index is -0.711. The number of nitrogens with two attached hydrogens (primary N) is 1. The third-order valence-electron chi connectivity index (χ3n) is 1.94. The van der Waals surface area contributed by atoms with Crippen LogP contribution in [0.25, 0.3) is 0 Å². The van der Waals surface area contributed by atoms with Gasteiger partial charge in [0.15, 0.2) is 0 Å². The molecule has 0 amide bonds. The van der Waals surface area contributed by atoms with E-state index >= 15 is 0 Å². The molecule has 5 nitrogen and oxygen atoms in total. The van der Waals surface area contributed by atoms with E-state index in [1.54, 1.807) is 6.20 Å². The van der Waals surface area contributed by atoms with Gasteiger partial charge in [-0.25, -0.2) is 0 Å². The SMILES string of the molecule is CCCC(=O)O.CCCCn1nccc1N. The highest BCUT2D eigenvalue weighted by atomic mass is 16.4. The fourth-order valence-electron chi connectivity index (χ4n) is 1.05. The lowest BCUT2D eigenvalue weighted by Crippen LogP contribution is -2.03. The summed E-state index contributed by atoms with van der Waals surface area (Å²) in [5.74, 6) is 0.0472. The van der Waals surface area contributed by atoms with E-state index in [2.05, 4.69) is 12.0 Å². The number of aryl methyl sites for hydroxylation is 1. The molecule has 0 saturated carbocycles. The Hall–Kier alpha value is -1.52. The third-order valence-corrected chi connectivity index (χ3v) is 1.94. The van der Waals surface area contributed by atoms with Gasteiger partial charge in [-0.15, -0.1) is 0 Å². The zero-order valence-corrected chi connectivity index (χ0v) is 10.0. The van der Waals surface area contributed by atoms with Crippen LogP contribution in [0, 0.1) is 0 Å². The largest absolute Gasteiger partial charge is 0.481 e. The van der Waals surface area contributed by atoms with Gasteiger partial charge in [0, 0.05) is 13.0 Å². The molecule has 0 aliphatic carbocycles. The van der Waals surface area contributed by atoms with Crippen LogP contribution in [-0.2, 0) is 11.3 Å². The summed E-state index contributed by atoms with van der Waals surface area (Å²) in [6.45, 7) is 4.93. The number of anilines is 1. The molecule has 0 aliphatic rings. The van der Waals surface area contributed by atoms with E-state index in [0.717, 1.165) is 25.2 Å². The molecule has 0 unspecified atom stereocenters. The van der Waals surface area contributed by atoms with Crippen LogP contribution in [0.4, 0.5) is 5.82 Å². The Balaban J connectivity index is 0.000000325. The fraction of sp³-hybridized carbons (Fsp3) is 0.636. The Morgan fingerprint density at radius 3 is 2.50 bits per heavy atom. The highest BCUT2D eigenvalue weighted by Crippen LogP contribution is 2.01. The van der Waals surface area contributed by atoms with Crippen LogP contribution < -0.4 is 5.73 Å². The second kappa shape index (κ2) is 8.76. The predicted molar refractivity (Wildman–Crippen MR) is 64.1 cm³/mol. The van der Waals surface area contributed by atoms with E-state index < -0.39 is 5.97 Å². The molecule has 0 aromatic carbocycles. The van der Waals surface area contributed by atoms with Gasteiger partial charge in [0.1, 0.15) is 5.82 Å². The number of nitrogen functional groups attached to an aromatic ring is 1. The third kappa shape index (κ3) is 6.86. The van der Waals surface area contributed by atoms with E-state index in [1.165, 1.54) is 6.42 Å². The number of hydrogen-bond acceptors (Lipinski definition) is 3. The Kier molecular flexibility index (Phi) is 7.93. The van der Waals surface area contributed by atoms with Gasteiger partial charge in [0.05, 0.1) is 6.20 Å². The number of carbonyl (C=O) groups is 1. The molecule has 92 valence electrons. The monoisotopic (exact) mass is 227 g/mol. The lowest BCUT2D eigenvalue weighted by Gasteiger charge is -2.00. The quantitative estimate of drug-likeness (QED) is 0.807. The number of nitrogens with zero attached hydrogens (tertiary/aromatic N) is 2. The van der Waals surface area contributed by atoms with E-state index in [1.807, 2.05) is 17.7 Å². The Morgan fingerprint density at radius 1 is 1.50 bits per heavy atom. The predicted octanol–water partition coefficient (Wildman–Crippen LogP) is 2.14. The Bertz CT molecular complexity index is 297. The zero-order chi connectivity index (χ0) is 12.4. The smallest absolute Gasteiger partial charge is 0.303 e. The lowest BCUT2D eigenvalue weighted by atomic mass is 10.3. The standard InChI is InChI=1S/C7H13N3.C4H8O2/c1-2-3-6-10-7(8)4-5-9-10;1-2-3-4(5)6/h4-5H,2-3,6,8H2,1H3;2-3H2,1H3,(H,5,6). The summed E-state index contributed by atoms with van der Waals surface area (Å²) in [4.78, 5) is 9.60. The van der Waals surface area contributed by atoms with Crippen molar-refractivity contribution in [1.82, 2.24) is 9.78 Å². The molecule has 1 rings (SSSR count). The lowest BCUT2D eigenvalue weighted by molar-refractivity contribution is -0.137. The zero-order valence-electron chi connectivity index (χ0n) is 10.0. The molecular weight excluding hydrogens is 206 g/mol. The highest BCUT2D eigenvalue weighted by molar-refractivity contribution is 5.66. The summed E-state index contributed by atoms with van der Waals surface area (Å²) < 4.78 is 1.82. The van der Waals surface area contributed by atoms with Crippen molar-refractivity contribution in [3.05, 3.63) is 12.3 Å². The Labute approximate surface area is 96.3 Å². The van der Waals surface area contributed by atoms with Gasteiger partial charge in [-0.05, 0) is 18.9 Å². The van der Waals surface area contributed by atoms with E-state index in [0.29, 0.717) is 6.42 Å². The van der Waals surface area contributed by atoms with Gasteiger partial charge in [0.2, 0.25) is 0 Å². The normalized spacial score (nSPS) is 9.38. The molecule has 3 N–H and O–H groups in total. The second-order valence-electron chi connectivity index (χ2n) is 3.48. The molecule has 0 spiro atoms. The van der Waals surface area contributed by atoms with Gasteiger partial charge in [0.25, 0.3) is 0 Å². The van der Waals surface area contributed by atoms with Crippen LogP contribution in [-0.4, -0.2) is 20.9 Å². The van der Waals surface area contributed by atoms with Crippen LogP contribution in [0.5, 0.6) is 0 Å². The molecule has 1 heterocycles. The first-order chi connectivity index (χ1) is 7.61. The van der Waals surface area contributed by atoms with E-state index in [-0.39, 0.29) is 0 Å². The van der Waals surface area contributed by atoms with Crippen molar-refractivity contribution in [2.24, 2.45) is 0 Å². The maximum absolute atomic E-state index is 9.60. The molecule has 0 fully saturated rings. The maximum atomic E-state index is 9.60. The summed E-state index contributed by atoms with van der Waals surface area (Å²) in [6, 6.07) is 1.82. The van der Waals surface area contributed by atoms with Crippen molar-refractivity contribution in [2.45, 2.75) is 46.1 Å². The molecule has 1 aromatic heterocycles. The molecule has 16 heavy (non-hydrogen) atoms. The fourth-order valence-corrected chi connectivity index (χ4v) is 1.05. The summed E-state index contributed by atoms with van der Waals surface area (Å²) in [7, 11) is 0. The first-order valence-corrected chi connectivity index (χ1v) is 5.60. The number of unbranched alkanes of at least 4 members (excludes halogenated alkanes) is 1. The molecule has 1 aromatic rings. The highest BCUT2D eigenvalue weighted by Gasteiger charge is 1.94. The van der Waals surface area contributed by atoms with Crippen LogP contribution in [0.3, 0.4) is 0 Å². The van der Waals surface area contributed by atoms with Crippen molar-refractivity contribution < 1.29 is 9.90 Å². The van der Waals surface area contributed by atoms with Gasteiger partial charge >= 0.3 is 5.97 Å². The number of hydrogen-bond donors (Lipinski definition) is 2. The second-order valence-corrected chi connectivity index (χ2v) is 3.48. The number of aromatic nitrogens is 2. The average Bonchev–Trinajstić information content (AvgIpc) is 2.62. The topological polar surface area (TPSA) is 81.1 Å². The maximum Gasteiger partial charge on any atom is 0.303 e. The number of carboxylic acids is 1. The van der Waals surface area contributed by atoms with Crippen LogP contribution >= 0.6 is 0 Å². The summed E-state index contributed by atoms with van der Waals surface area (Å²) in [5, 5.41) is 12.0. The number of rotatable bonds is 5. The van der Waals surface area contributed by atoms with Gasteiger partial charge in [-0.2, -0.15) is 5.10 Å². The summed E-state index contributed by atoms with van der Waals surface area (Å²) in [6.07, 6.45) is 5.07. The van der Waals surface area contributed by atoms with Crippen LogP contribution in [0.15, 0.2) is 12.3 Å². The van der Waals surface area contributed by atoms with Crippen molar-refractivity contribution in [3.8, 4) is 0 Å². The first kappa shape index (κ1) is 14.5. The van der Waals surface area contributed by atoms with Crippen molar-refractivity contribution in [3.63, 3.8) is 0 Å². The number of carboxylic acid groups (broad SMARTS) is 1. The van der Waals surface area contributed by atoms with Crippen molar-refractivity contribution in [2.75, 3.05) is 5.73 Å². The minimum Gasteiger partial charge on any atom is -0.481 e. The van der Waals surface area contributed by atoms with Crippen LogP contribution in [0.2, 0.25) is 0 Å². The Morgan fingerprint density at radius 2 is 2.19 bits per heavy atom. The minimum absolute atomic E-state index is 0.292. The van der Waals surface area contributed by atoms with Crippen molar-refractivity contribution in [1.29, 1.82) is 0 Å². The average molecular weight is 227 g/mol. The summed E-state index contributed by atoms with van der Waals surface area (Å²) in [5.41, 5.74) is 5.58. The van der Waals surface area contributed by atoms with Gasteiger partial charge in [-0.3, -0.25) is 9.48 Å². The van der Waals surface area contributed by atoms with Gasteiger partial charge in [-0.1, -0.05) is 20.3 Å². The molecule has 0 bridgehead atoms.